The summed E-state index contributed by atoms with van der Waals surface area (Å²) in [5, 5.41) is 0.765. The smallest absolute Gasteiger partial charge is 0.190 e. The third-order valence-electron chi connectivity index (χ3n) is 1.10. The van der Waals surface area contributed by atoms with Gasteiger partial charge in [-0.05, 0) is 13.2 Å². The maximum Gasteiger partial charge on any atom is 0.190 e. The molecule has 5 heteroatoms. The zero-order valence-corrected chi connectivity index (χ0v) is 8.12. The highest BCUT2D eigenvalue weighted by Gasteiger charge is 1.99. The molecule has 0 bridgehead atoms. The van der Waals surface area contributed by atoms with Crippen LogP contribution in [0.25, 0.3) is 0 Å². The Kier molecular flexibility index (Phi) is 3.14. The number of rotatable bonds is 2. The Hall–Kier alpha value is -0.290. The van der Waals surface area contributed by atoms with Crippen LogP contribution in [0.3, 0.4) is 0 Å². The van der Waals surface area contributed by atoms with E-state index in [9.17, 15) is 0 Å². The molecule has 0 N–H and O–H groups in total. The van der Waals surface area contributed by atoms with E-state index in [4.69, 9.17) is 0 Å². The molecule has 11 heavy (non-hydrogen) atoms. The summed E-state index contributed by atoms with van der Waals surface area (Å²) < 4.78 is 0. The van der Waals surface area contributed by atoms with Crippen molar-refractivity contribution in [2.24, 2.45) is 0 Å². The van der Waals surface area contributed by atoms with Crippen LogP contribution in [-0.2, 0) is 5.75 Å². The van der Waals surface area contributed by atoms with E-state index in [1.54, 1.807) is 0 Å². The van der Waals surface area contributed by atoms with E-state index in [0.29, 0.717) is 5.75 Å². The second-order valence-electron chi connectivity index (χ2n) is 1.94. The van der Waals surface area contributed by atoms with Crippen LogP contribution >= 0.6 is 24.4 Å². The van der Waals surface area contributed by atoms with Gasteiger partial charge in [0.15, 0.2) is 5.16 Å². The van der Waals surface area contributed by atoms with E-state index in [-0.39, 0.29) is 0 Å². The van der Waals surface area contributed by atoms with E-state index < -0.39 is 0 Å². The average Bonchev–Trinajstić information content (AvgIpc) is 2.03. The van der Waals surface area contributed by atoms with Gasteiger partial charge in [0.25, 0.3) is 0 Å². The summed E-state index contributed by atoms with van der Waals surface area (Å²) in [5.74, 6) is 2.07. The molecular weight excluding hydrogens is 178 g/mol. The zero-order chi connectivity index (χ0) is 8.27. The van der Waals surface area contributed by atoms with Crippen molar-refractivity contribution in [2.75, 3.05) is 6.26 Å². The molecule has 0 spiro atoms. The summed E-state index contributed by atoms with van der Waals surface area (Å²) in [7, 11) is 0. The largest absolute Gasteiger partial charge is 0.217 e. The molecule has 0 radical (unpaired) electrons. The van der Waals surface area contributed by atoms with Crippen LogP contribution < -0.4 is 0 Å². The molecular formula is C6H9N3S2. The van der Waals surface area contributed by atoms with Crippen LogP contribution in [0.4, 0.5) is 0 Å². The number of thiol groups is 1. The summed E-state index contributed by atoms with van der Waals surface area (Å²) in [6, 6.07) is 0. The quantitative estimate of drug-likeness (QED) is 0.560. The molecule has 1 rings (SSSR count). The number of hydrogen-bond donors (Lipinski definition) is 1. The van der Waals surface area contributed by atoms with Gasteiger partial charge in [-0.3, -0.25) is 0 Å². The number of thioether (sulfide) groups is 1. The van der Waals surface area contributed by atoms with Crippen molar-refractivity contribution in [1.29, 1.82) is 0 Å². The zero-order valence-electron chi connectivity index (χ0n) is 6.40. The fourth-order valence-electron chi connectivity index (χ4n) is 0.673. The molecule has 0 aliphatic rings. The van der Waals surface area contributed by atoms with Crippen molar-refractivity contribution in [3.05, 3.63) is 11.6 Å². The van der Waals surface area contributed by atoms with Gasteiger partial charge < -0.3 is 0 Å². The van der Waals surface area contributed by atoms with Gasteiger partial charge in [-0.15, -0.1) is 0 Å². The third-order valence-corrected chi connectivity index (χ3v) is 1.93. The lowest BCUT2D eigenvalue weighted by Gasteiger charge is -1.98. The lowest BCUT2D eigenvalue weighted by atomic mass is 10.6. The molecule has 60 valence electrons. The Morgan fingerprint density at radius 3 is 2.64 bits per heavy atom. The van der Waals surface area contributed by atoms with E-state index in [1.165, 1.54) is 11.8 Å². The minimum atomic E-state index is 0.566. The summed E-state index contributed by atoms with van der Waals surface area (Å²) >= 11 is 5.60. The van der Waals surface area contributed by atoms with Crippen molar-refractivity contribution >= 4 is 24.4 Å². The van der Waals surface area contributed by atoms with E-state index in [2.05, 4.69) is 27.6 Å². The highest BCUT2D eigenvalue weighted by molar-refractivity contribution is 7.98. The third kappa shape index (κ3) is 2.34. The van der Waals surface area contributed by atoms with Crippen LogP contribution in [-0.4, -0.2) is 21.2 Å². The van der Waals surface area contributed by atoms with Gasteiger partial charge in [-0.25, -0.2) is 15.0 Å². The molecule has 0 unspecified atom stereocenters. The molecule has 0 aromatic carbocycles. The summed E-state index contributed by atoms with van der Waals surface area (Å²) in [6.07, 6.45) is 1.94. The van der Waals surface area contributed by atoms with Crippen LogP contribution in [0, 0.1) is 6.92 Å². The maximum absolute atomic E-state index is 4.13. The molecule has 0 saturated heterocycles. The van der Waals surface area contributed by atoms with Crippen LogP contribution in [0.1, 0.15) is 11.6 Å². The average molecular weight is 187 g/mol. The molecule has 0 aliphatic carbocycles. The van der Waals surface area contributed by atoms with Gasteiger partial charge in [-0.1, -0.05) is 11.8 Å². The molecule has 0 saturated carbocycles. The predicted octanol–water partition coefficient (Wildman–Crippen LogP) is 1.33. The first-order valence-corrected chi connectivity index (χ1v) is 4.98. The topological polar surface area (TPSA) is 38.7 Å². The fourth-order valence-corrected chi connectivity index (χ4v) is 1.23. The van der Waals surface area contributed by atoms with Crippen LogP contribution in [0.15, 0.2) is 5.16 Å². The molecule has 1 aromatic rings. The van der Waals surface area contributed by atoms with E-state index >= 15 is 0 Å². The van der Waals surface area contributed by atoms with Gasteiger partial charge >= 0.3 is 0 Å². The van der Waals surface area contributed by atoms with Gasteiger partial charge in [0.1, 0.15) is 11.6 Å². The van der Waals surface area contributed by atoms with Crippen molar-refractivity contribution in [3.63, 3.8) is 0 Å². The Morgan fingerprint density at radius 2 is 2.09 bits per heavy atom. The molecule has 0 aliphatic heterocycles. The Balaban J connectivity index is 3.02. The monoisotopic (exact) mass is 187 g/mol. The van der Waals surface area contributed by atoms with Gasteiger partial charge in [0, 0.05) is 0 Å². The van der Waals surface area contributed by atoms with Crippen molar-refractivity contribution in [2.45, 2.75) is 17.8 Å². The second kappa shape index (κ2) is 3.92. The van der Waals surface area contributed by atoms with E-state index in [1.807, 2.05) is 13.2 Å². The van der Waals surface area contributed by atoms with Crippen molar-refractivity contribution in [3.8, 4) is 0 Å². The molecule has 1 heterocycles. The molecule has 1 aromatic heterocycles. The standard InChI is InChI=1S/C6H9N3S2/c1-4-7-5(3-10)9-6(8-4)11-2/h10H,3H2,1-2H3. The minimum absolute atomic E-state index is 0.566. The number of hydrogen-bond acceptors (Lipinski definition) is 5. The summed E-state index contributed by atoms with van der Waals surface area (Å²) in [5.41, 5.74) is 0. The lowest BCUT2D eigenvalue weighted by molar-refractivity contribution is 0.815. The van der Waals surface area contributed by atoms with E-state index in [0.717, 1.165) is 16.8 Å². The lowest BCUT2D eigenvalue weighted by Crippen LogP contribution is -1.99. The SMILES string of the molecule is CSc1nc(C)nc(CS)n1. The Labute approximate surface area is 75.5 Å². The van der Waals surface area contributed by atoms with Crippen molar-refractivity contribution in [1.82, 2.24) is 15.0 Å². The van der Waals surface area contributed by atoms with Gasteiger partial charge in [0.05, 0.1) is 5.75 Å². The maximum atomic E-state index is 4.13. The number of aromatic nitrogens is 3. The molecule has 0 fully saturated rings. The molecule has 0 atom stereocenters. The molecule has 0 amide bonds. The Bertz CT molecular complexity index is 229. The van der Waals surface area contributed by atoms with Gasteiger partial charge in [-0.2, -0.15) is 12.6 Å². The van der Waals surface area contributed by atoms with Crippen molar-refractivity contribution < 1.29 is 0 Å². The first-order valence-electron chi connectivity index (χ1n) is 3.12. The first kappa shape index (κ1) is 8.80. The number of nitrogens with zero attached hydrogens (tertiary/aromatic N) is 3. The van der Waals surface area contributed by atoms with Gasteiger partial charge in [0.2, 0.25) is 0 Å². The number of aryl methyl sites for hydroxylation is 1. The summed E-state index contributed by atoms with van der Waals surface area (Å²) in [6.45, 7) is 1.86. The highest BCUT2D eigenvalue weighted by Crippen LogP contribution is 2.08. The summed E-state index contributed by atoms with van der Waals surface area (Å²) in [4.78, 5) is 12.3. The predicted molar refractivity (Wildman–Crippen MR) is 49.0 cm³/mol. The fraction of sp³-hybridized carbons (Fsp3) is 0.500. The molecule has 3 nitrogen and oxygen atoms in total. The second-order valence-corrected chi connectivity index (χ2v) is 3.03. The van der Waals surface area contributed by atoms with Crippen LogP contribution in [0.5, 0.6) is 0 Å². The minimum Gasteiger partial charge on any atom is -0.217 e. The normalized spacial score (nSPS) is 10.1. The first-order chi connectivity index (χ1) is 5.26. The van der Waals surface area contributed by atoms with Crippen LogP contribution in [0.2, 0.25) is 0 Å². The highest BCUT2D eigenvalue weighted by atomic mass is 32.2. The Morgan fingerprint density at radius 1 is 1.36 bits per heavy atom.